The third-order valence-corrected chi connectivity index (χ3v) is 3.38. The Morgan fingerprint density at radius 3 is 2.32 bits per heavy atom. The second kappa shape index (κ2) is 6.57. The fourth-order valence-electron chi connectivity index (χ4n) is 1.61. The Bertz CT molecular complexity index is 540. The van der Waals surface area contributed by atoms with Gasteiger partial charge < -0.3 is 9.47 Å². The molecule has 0 atom stereocenters. The Labute approximate surface area is 120 Å². The molecule has 2 aromatic rings. The number of hydrogen-bond donors (Lipinski definition) is 0. The molecule has 0 N–H and O–H groups in total. The highest BCUT2D eigenvalue weighted by atomic mass is 79.9. The van der Waals surface area contributed by atoms with E-state index in [0.717, 1.165) is 11.1 Å². The molecule has 0 heterocycles. The van der Waals surface area contributed by atoms with Crippen molar-refractivity contribution in [2.24, 2.45) is 0 Å². The van der Waals surface area contributed by atoms with Crippen molar-refractivity contribution >= 4 is 15.9 Å². The third-order valence-electron chi connectivity index (χ3n) is 2.73. The Kier molecular flexibility index (Phi) is 4.80. The van der Waals surface area contributed by atoms with E-state index in [1.807, 2.05) is 24.3 Å². The minimum atomic E-state index is -0.323. The molecule has 19 heavy (non-hydrogen) atoms. The lowest BCUT2D eigenvalue weighted by atomic mass is 10.2. The van der Waals surface area contributed by atoms with Crippen LogP contribution in [-0.2, 0) is 11.9 Å². The first-order chi connectivity index (χ1) is 9.22. The maximum absolute atomic E-state index is 13.7. The molecule has 0 radical (unpaired) electrons. The molecule has 0 saturated carbocycles. The lowest BCUT2D eigenvalue weighted by molar-refractivity contribution is 0.299. The molecule has 0 aromatic heterocycles. The molecule has 2 nitrogen and oxygen atoms in total. The van der Waals surface area contributed by atoms with Crippen molar-refractivity contribution in [1.29, 1.82) is 0 Å². The number of halogens is 2. The van der Waals surface area contributed by atoms with Crippen molar-refractivity contribution in [3.05, 3.63) is 59.4 Å². The van der Waals surface area contributed by atoms with Crippen LogP contribution in [0, 0.1) is 5.82 Å². The van der Waals surface area contributed by atoms with Gasteiger partial charge in [-0.2, -0.15) is 0 Å². The van der Waals surface area contributed by atoms with E-state index in [0.29, 0.717) is 11.3 Å². The highest BCUT2D eigenvalue weighted by molar-refractivity contribution is 9.08. The van der Waals surface area contributed by atoms with Gasteiger partial charge in [-0.1, -0.05) is 28.1 Å². The fraction of sp³-hybridized carbons (Fsp3) is 0.200. The van der Waals surface area contributed by atoms with Crippen LogP contribution in [0.25, 0.3) is 0 Å². The molecule has 0 bridgehead atoms. The second-order valence-corrected chi connectivity index (χ2v) is 4.58. The SMILES string of the molecule is COc1ccc(COc2ccc(CBr)cc2)c(F)c1. The number of benzene rings is 2. The Hall–Kier alpha value is -1.55. The first-order valence-electron chi connectivity index (χ1n) is 5.83. The van der Waals surface area contributed by atoms with E-state index >= 15 is 0 Å². The summed E-state index contributed by atoms with van der Waals surface area (Å²) in [6, 6.07) is 12.4. The van der Waals surface area contributed by atoms with E-state index in [-0.39, 0.29) is 12.4 Å². The molecular formula is C15H14BrFO2. The molecule has 0 aliphatic carbocycles. The Balaban J connectivity index is 2.01. The van der Waals surface area contributed by atoms with Crippen LogP contribution in [0.3, 0.4) is 0 Å². The summed E-state index contributed by atoms with van der Waals surface area (Å²) in [7, 11) is 1.51. The summed E-state index contributed by atoms with van der Waals surface area (Å²) >= 11 is 3.38. The first-order valence-corrected chi connectivity index (χ1v) is 6.95. The summed E-state index contributed by atoms with van der Waals surface area (Å²) in [6.45, 7) is 0.198. The molecule has 0 amide bonds. The topological polar surface area (TPSA) is 18.5 Å². The molecule has 2 rings (SSSR count). The zero-order valence-electron chi connectivity index (χ0n) is 10.5. The summed E-state index contributed by atoms with van der Waals surface area (Å²) in [5.41, 5.74) is 1.67. The van der Waals surface area contributed by atoms with Crippen LogP contribution in [0.2, 0.25) is 0 Å². The third kappa shape index (κ3) is 3.70. The maximum atomic E-state index is 13.7. The van der Waals surface area contributed by atoms with Gasteiger partial charge in [0.2, 0.25) is 0 Å². The smallest absolute Gasteiger partial charge is 0.133 e. The van der Waals surface area contributed by atoms with Gasteiger partial charge >= 0.3 is 0 Å². The van der Waals surface area contributed by atoms with Crippen molar-refractivity contribution < 1.29 is 13.9 Å². The molecule has 100 valence electrons. The lowest BCUT2D eigenvalue weighted by Crippen LogP contribution is -1.99. The molecule has 0 unspecified atom stereocenters. The van der Waals surface area contributed by atoms with Gasteiger partial charge in [-0.05, 0) is 29.8 Å². The summed E-state index contributed by atoms with van der Waals surface area (Å²) in [5.74, 6) is 0.902. The molecule has 2 aromatic carbocycles. The normalized spacial score (nSPS) is 10.3. The first kappa shape index (κ1) is 13.9. The van der Waals surface area contributed by atoms with Crippen molar-refractivity contribution in [3.8, 4) is 11.5 Å². The average molecular weight is 325 g/mol. The van der Waals surface area contributed by atoms with Gasteiger partial charge in [0, 0.05) is 17.0 Å². The average Bonchev–Trinajstić information content (AvgIpc) is 2.46. The molecule has 0 aliphatic rings. The van der Waals surface area contributed by atoms with Crippen molar-refractivity contribution in [1.82, 2.24) is 0 Å². The number of alkyl halides is 1. The summed E-state index contributed by atoms with van der Waals surface area (Å²) in [5, 5.41) is 0.806. The lowest BCUT2D eigenvalue weighted by Gasteiger charge is -2.08. The van der Waals surface area contributed by atoms with Crippen molar-refractivity contribution in [2.45, 2.75) is 11.9 Å². The van der Waals surface area contributed by atoms with E-state index in [1.165, 1.54) is 18.7 Å². The van der Waals surface area contributed by atoms with Crippen LogP contribution in [0.15, 0.2) is 42.5 Å². The number of rotatable bonds is 5. The van der Waals surface area contributed by atoms with Gasteiger partial charge in [-0.3, -0.25) is 0 Å². The van der Waals surface area contributed by atoms with Crippen LogP contribution in [0.4, 0.5) is 4.39 Å². The Morgan fingerprint density at radius 2 is 1.74 bits per heavy atom. The molecule has 0 aliphatic heterocycles. The predicted molar refractivity (Wildman–Crippen MR) is 76.4 cm³/mol. The highest BCUT2D eigenvalue weighted by Gasteiger charge is 2.05. The minimum absolute atomic E-state index is 0.198. The largest absolute Gasteiger partial charge is 0.497 e. The summed E-state index contributed by atoms with van der Waals surface area (Å²) in [6.07, 6.45) is 0. The van der Waals surface area contributed by atoms with E-state index in [2.05, 4.69) is 15.9 Å². The zero-order chi connectivity index (χ0) is 13.7. The number of ether oxygens (including phenoxy) is 2. The zero-order valence-corrected chi connectivity index (χ0v) is 12.1. The van der Waals surface area contributed by atoms with Gasteiger partial charge in [0.15, 0.2) is 0 Å². The van der Waals surface area contributed by atoms with E-state index in [4.69, 9.17) is 9.47 Å². The Morgan fingerprint density at radius 1 is 1.05 bits per heavy atom. The van der Waals surface area contributed by atoms with E-state index < -0.39 is 0 Å². The molecule has 0 saturated heterocycles. The van der Waals surface area contributed by atoms with Crippen LogP contribution in [-0.4, -0.2) is 7.11 Å². The van der Waals surface area contributed by atoms with Crippen LogP contribution >= 0.6 is 15.9 Å². The monoisotopic (exact) mass is 324 g/mol. The van der Waals surface area contributed by atoms with Crippen molar-refractivity contribution in [3.63, 3.8) is 0 Å². The van der Waals surface area contributed by atoms with Gasteiger partial charge in [0.25, 0.3) is 0 Å². The summed E-state index contributed by atoms with van der Waals surface area (Å²) < 4.78 is 24.2. The van der Waals surface area contributed by atoms with Gasteiger partial charge in [-0.15, -0.1) is 0 Å². The van der Waals surface area contributed by atoms with Crippen molar-refractivity contribution in [2.75, 3.05) is 7.11 Å². The predicted octanol–water partition coefficient (Wildman–Crippen LogP) is 4.31. The van der Waals surface area contributed by atoms with Gasteiger partial charge in [0.1, 0.15) is 23.9 Å². The summed E-state index contributed by atoms with van der Waals surface area (Å²) in [4.78, 5) is 0. The molecule has 0 spiro atoms. The standard InChI is InChI=1S/C15H14BrFO2/c1-18-14-7-4-12(15(17)8-14)10-19-13-5-2-11(9-16)3-6-13/h2-8H,9-10H2,1H3. The molecule has 0 fully saturated rings. The number of hydrogen-bond acceptors (Lipinski definition) is 2. The van der Waals surface area contributed by atoms with Crippen LogP contribution < -0.4 is 9.47 Å². The van der Waals surface area contributed by atoms with Crippen LogP contribution in [0.1, 0.15) is 11.1 Å². The van der Waals surface area contributed by atoms with Crippen LogP contribution in [0.5, 0.6) is 11.5 Å². The quantitative estimate of drug-likeness (QED) is 0.763. The molecule has 4 heteroatoms. The maximum Gasteiger partial charge on any atom is 0.133 e. The van der Waals surface area contributed by atoms with Gasteiger partial charge in [-0.25, -0.2) is 4.39 Å². The molecular weight excluding hydrogens is 311 g/mol. The van der Waals surface area contributed by atoms with E-state index in [9.17, 15) is 4.39 Å². The second-order valence-electron chi connectivity index (χ2n) is 4.02. The fourth-order valence-corrected chi connectivity index (χ4v) is 1.98. The number of methoxy groups -OCH3 is 1. The highest BCUT2D eigenvalue weighted by Crippen LogP contribution is 2.19. The van der Waals surface area contributed by atoms with Gasteiger partial charge in [0.05, 0.1) is 7.11 Å². The minimum Gasteiger partial charge on any atom is -0.497 e. The van der Waals surface area contributed by atoms with E-state index in [1.54, 1.807) is 12.1 Å².